The molecule has 0 fully saturated rings. The predicted octanol–water partition coefficient (Wildman–Crippen LogP) is -0.0523. The van der Waals surface area contributed by atoms with Gasteiger partial charge >= 0.3 is 0 Å². The van der Waals surface area contributed by atoms with E-state index in [-0.39, 0.29) is 5.03 Å². The molecule has 92 valence electrons. The molecule has 0 aliphatic rings. The van der Waals surface area contributed by atoms with E-state index in [2.05, 4.69) is 10.1 Å². The van der Waals surface area contributed by atoms with E-state index in [0.717, 1.165) is 0 Å². The number of nitrogens with zero attached hydrogens (tertiary/aromatic N) is 3. The lowest BCUT2D eigenvalue weighted by Crippen LogP contribution is -2.17. The normalized spacial score (nSPS) is 11.9. The maximum atomic E-state index is 11.5. The van der Waals surface area contributed by atoms with Crippen LogP contribution in [0, 0.1) is 0 Å². The minimum atomic E-state index is -3.87. The summed E-state index contributed by atoms with van der Waals surface area (Å²) in [6, 6.07) is 3.23. The number of aryl methyl sites for hydroxylation is 1. The summed E-state index contributed by atoms with van der Waals surface area (Å²) in [5.41, 5.74) is 0.819. The highest BCUT2D eigenvalue weighted by atomic mass is 32.2. The topological polar surface area (TPSA) is 99.6 Å². The summed E-state index contributed by atoms with van der Waals surface area (Å²) in [5, 5.41) is 9.08. The lowest BCUT2D eigenvalue weighted by atomic mass is 10.4. The van der Waals surface area contributed by atoms with Crippen molar-refractivity contribution in [3.63, 3.8) is 0 Å². The zero-order valence-corrected chi connectivity index (χ0v) is 10.2. The van der Waals surface area contributed by atoms with Gasteiger partial charge in [-0.05, 0) is 12.5 Å². The smallest absolute Gasteiger partial charge is 0.257 e. The minimum absolute atomic E-state index is 0.0890. The Morgan fingerprint density at radius 2 is 2.18 bits per heavy atom. The molecule has 2 aromatic heterocycles. The van der Waals surface area contributed by atoms with E-state index in [1.54, 1.807) is 19.1 Å². The summed E-state index contributed by atoms with van der Waals surface area (Å²) in [6.07, 6.45) is 0.456. The Bertz CT molecular complexity index is 662. The van der Waals surface area contributed by atoms with Gasteiger partial charge in [-0.25, -0.2) is 18.5 Å². The van der Waals surface area contributed by atoms with Crippen LogP contribution in [0.3, 0.4) is 0 Å². The van der Waals surface area contributed by atoms with Crippen molar-refractivity contribution in [2.45, 2.75) is 18.4 Å². The summed E-state index contributed by atoms with van der Waals surface area (Å²) < 4.78 is 29.2. The van der Waals surface area contributed by atoms with Crippen LogP contribution >= 0.6 is 0 Å². The van der Waals surface area contributed by atoms with Crippen LogP contribution in [0.25, 0.3) is 5.65 Å². The lowest BCUT2D eigenvalue weighted by molar-refractivity contribution is 0.388. The van der Waals surface area contributed by atoms with E-state index >= 15 is 0 Å². The molecule has 0 aliphatic heterocycles. The Labute approximate surface area is 98.3 Å². The van der Waals surface area contributed by atoms with Gasteiger partial charge < -0.3 is 4.74 Å². The SMILES string of the molecule is CCc1nc2ccc(OC)nn2c1S(N)(=O)=O. The van der Waals surface area contributed by atoms with Crippen molar-refractivity contribution >= 4 is 15.7 Å². The van der Waals surface area contributed by atoms with E-state index < -0.39 is 10.0 Å². The molecule has 0 saturated carbocycles. The second-order valence-corrected chi connectivity index (χ2v) is 4.88. The van der Waals surface area contributed by atoms with Crippen LogP contribution in [0.1, 0.15) is 12.6 Å². The van der Waals surface area contributed by atoms with Crippen LogP contribution < -0.4 is 9.88 Å². The number of rotatable bonds is 3. The molecule has 0 saturated heterocycles. The van der Waals surface area contributed by atoms with Crippen molar-refractivity contribution in [2.75, 3.05) is 7.11 Å². The average Bonchev–Trinajstić information content (AvgIpc) is 2.65. The zero-order valence-electron chi connectivity index (χ0n) is 9.41. The van der Waals surface area contributed by atoms with Gasteiger partial charge in [0.15, 0.2) is 10.7 Å². The monoisotopic (exact) mass is 256 g/mol. The van der Waals surface area contributed by atoms with Gasteiger partial charge in [-0.3, -0.25) is 0 Å². The van der Waals surface area contributed by atoms with Crippen LogP contribution in [0.15, 0.2) is 17.2 Å². The highest BCUT2D eigenvalue weighted by Gasteiger charge is 2.21. The van der Waals surface area contributed by atoms with Gasteiger partial charge in [0.1, 0.15) is 0 Å². The second kappa shape index (κ2) is 3.97. The number of imidazole rings is 1. The first-order chi connectivity index (χ1) is 7.97. The molecule has 0 aliphatic carbocycles. The van der Waals surface area contributed by atoms with E-state index in [0.29, 0.717) is 23.6 Å². The summed E-state index contributed by atoms with van der Waals surface area (Å²) in [6.45, 7) is 1.80. The summed E-state index contributed by atoms with van der Waals surface area (Å²) in [4.78, 5) is 4.16. The van der Waals surface area contributed by atoms with Crippen molar-refractivity contribution < 1.29 is 13.2 Å². The molecule has 2 heterocycles. The minimum Gasteiger partial charge on any atom is -0.480 e. The maximum Gasteiger partial charge on any atom is 0.257 e. The van der Waals surface area contributed by atoms with Gasteiger partial charge in [0.2, 0.25) is 5.88 Å². The quantitative estimate of drug-likeness (QED) is 0.829. The van der Waals surface area contributed by atoms with E-state index in [1.807, 2.05) is 0 Å². The molecule has 7 nitrogen and oxygen atoms in total. The largest absolute Gasteiger partial charge is 0.480 e. The number of primary sulfonamides is 1. The summed E-state index contributed by atoms with van der Waals surface area (Å²) >= 11 is 0. The Hall–Kier alpha value is -1.67. The molecule has 2 N–H and O–H groups in total. The first kappa shape index (κ1) is 11.8. The third-order valence-corrected chi connectivity index (χ3v) is 3.24. The fourth-order valence-corrected chi connectivity index (χ4v) is 2.46. The molecule has 2 rings (SSSR count). The number of methoxy groups -OCH3 is 1. The van der Waals surface area contributed by atoms with Gasteiger partial charge in [0, 0.05) is 6.07 Å². The molecule has 8 heteroatoms. The average molecular weight is 256 g/mol. The van der Waals surface area contributed by atoms with Crippen molar-refractivity contribution in [1.29, 1.82) is 0 Å². The molecule has 0 aromatic carbocycles. The van der Waals surface area contributed by atoms with E-state index in [1.165, 1.54) is 11.6 Å². The first-order valence-electron chi connectivity index (χ1n) is 4.92. The molecule has 0 bridgehead atoms. The summed E-state index contributed by atoms with van der Waals surface area (Å²) in [7, 11) is -2.42. The third kappa shape index (κ3) is 1.96. The van der Waals surface area contributed by atoms with Crippen LogP contribution in [-0.4, -0.2) is 30.1 Å². The van der Waals surface area contributed by atoms with Crippen molar-refractivity contribution in [3.05, 3.63) is 17.8 Å². The Balaban J connectivity index is 2.86. The molecular weight excluding hydrogens is 244 g/mol. The number of hydrogen-bond acceptors (Lipinski definition) is 5. The first-order valence-corrected chi connectivity index (χ1v) is 6.47. The maximum absolute atomic E-state index is 11.5. The van der Waals surface area contributed by atoms with Crippen LogP contribution in [-0.2, 0) is 16.4 Å². The second-order valence-electron chi connectivity index (χ2n) is 3.41. The molecule has 17 heavy (non-hydrogen) atoms. The lowest BCUT2D eigenvalue weighted by Gasteiger charge is -2.01. The number of fused-ring (bicyclic) bond motifs is 1. The van der Waals surface area contributed by atoms with Crippen molar-refractivity contribution in [1.82, 2.24) is 14.6 Å². The van der Waals surface area contributed by atoms with Gasteiger partial charge in [-0.2, -0.15) is 4.52 Å². The predicted molar refractivity (Wildman–Crippen MR) is 60.3 cm³/mol. The highest BCUT2D eigenvalue weighted by molar-refractivity contribution is 7.89. The Kier molecular flexibility index (Phi) is 2.76. The molecule has 2 aromatic rings. The fraction of sp³-hybridized carbons (Fsp3) is 0.333. The number of ether oxygens (including phenoxy) is 1. The van der Waals surface area contributed by atoms with Gasteiger partial charge in [0.25, 0.3) is 10.0 Å². The molecule has 0 amide bonds. The van der Waals surface area contributed by atoms with Gasteiger partial charge in [0.05, 0.1) is 12.8 Å². The number of hydrogen-bond donors (Lipinski definition) is 1. The molecule has 0 unspecified atom stereocenters. The van der Waals surface area contributed by atoms with Crippen LogP contribution in [0.4, 0.5) is 0 Å². The van der Waals surface area contributed by atoms with Gasteiger partial charge in [-0.15, -0.1) is 5.10 Å². The summed E-state index contributed by atoms with van der Waals surface area (Å²) in [5.74, 6) is 0.294. The third-order valence-electron chi connectivity index (χ3n) is 2.29. The Morgan fingerprint density at radius 1 is 1.47 bits per heavy atom. The molecule has 0 atom stereocenters. The Morgan fingerprint density at radius 3 is 2.71 bits per heavy atom. The zero-order chi connectivity index (χ0) is 12.6. The standard InChI is InChI=1S/C9H12N4O3S/c1-3-6-9(17(10,14)15)13-7(11-6)4-5-8(12-13)16-2/h4-5H,3H2,1-2H3,(H2,10,14,15). The molecular formula is C9H12N4O3S. The number of sulfonamides is 1. The van der Waals surface area contributed by atoms with Crippen molar-refractivity contribution in [2.24, 2.45) is 5.14 Å². The number of nitrogens with two attached hydrogens (primary N) is 1. The van der Waals surface area contributed by atoms with Crippen molar-refractivity contribution in [3.8, 4) is 5.88 Å². The van der Waals surface area contributed by atoms with E-state index in [9.17, 15) is 8.42 Å². The van der Waals surface area contributed by atoms with Gasteiger partial charge in [-0.1, -0.05) is 6.92 Å². The number of aromatic nitrogens is 3. The molecule has 0 spiro atoms. The fourth-order valence-electron chi connectivity index (χ4n) is 1.57. The van der Waals surface area contributed by atoms with Crippen LogP contribution in [0.2, 0.25) is 0 Å². The molecule has 0 radical (unpaired) electrons. The van der Waals surface area contributed by atoms with E-state index in [4.69, 9.17) is 9.88 Å². The highest BCUT2D eigenvalue weighted by Crippen LogP contribution is 2.18. The van der Waals surface area contributed by atoms with Crippen LogP contribution in [0.5, 0.6) is 5.88 Å².